The minimum atomic E-state index is -4.15. The lowest BCUT2D eigenvalue weighted by Gasteiger charge is -2.33. The molecule has 3 heterocycles. The van der Waals surface area contributed by atoms with Crippen LogP contribution < -0.4 is 4.31 Å². The van der Waals surface area contributed by atoms with Crippen LogP contribution in [0.2, 0.25) is 5.02 Å². The van der Waals surface area contributed by atoms with Crippen LogP contribution in [0.15, 0.2) is 65.8 Å². The lowest BCUT2D eigenvalue weighted by Crippen LogP contribution is -2.53. The number of pyridine rings is 1. The van der Waals surface area contributed by atoms with Crippen LogP contribution in [0.4, 0.5) is 5.69 Å². The number of benzene rings is 2. The van der Waals surface area contributed by atoms with Gasteiger partial charge in [-0.3, -0.25) is 18.9 Å². The van der Waals surface area contributed by atoms with Gasteiger partial charge in [0.2, 0.25) is 11.8 Å². The number of likely N-dealkylation sites (tertiary alicyclic amines) is 1. The van der Waals surface area contributed by atoms with E-state index in [2.05, 4.69) is 4.98 Å². The number of halogens is 1. The molecule has 37 heavy (non-hydrogen) atoms. The molecule has 2 aliphatic rings. The van der Waals surface area contributed by atoms with E-state index in [1.807, 2.05) is 0 Å². The predicted molar refractivity (Wildman–Crippen MR) is 140 cm³/mol. The van der Waals surface area contributed by atoms with Crippen molar-refractivity contribution in [3.05, 3.63) is 65.9 Å². The Kier molecular flexibility index (Phi) is 7.06. The highest BCUT2D eigenvalue weighted by atomic mass is 35.5. The molecule has 2 aliphatic heterocycles. The van der Waals surface area contributed by atoms with E-state index in [0.717, 1.165) is 5.39 Å². The van der Waals surface area contributed by atoms with Gasteiger partial charge in [-0.1, -0.05) is 23.7 Å². The molecule has 5 rings (SSSR count). The number of hydrogen-bond acceptors (Lipinski definition) is 6. The SMILES string of the molecule is CC(C(=O)N1CCOCC1)N1CCC(N(c2ccncc2)S(=O)(=O)c2ccc3cc(Cl)ccc3c2)C1=O. The van der Waals surface area contributed by atoms with Crippen LogP contribution in [-0.4, -0.2) is 79.9 Å². The summed E-state index contributed by atoms with van der Waals surface area (Å²) >= 11 is 6.08. The first kappa shape index (κ1) is 25.4. The minimum Gasteiger partial charge on any atom is -0.378 e. The van der Waals surface area contributed by atoms with Crippen molar-refractivity contribution in [2.75, 3.05) is 37.2 Å². The lowest BCUT2D eigenvalue weighted by molar-refractivity contribution is -0.145. The Morgan fingerprint density at radius 3 is 2.46 bits per heavy atom. The summed E-state index contributed by atoms with van der Waals surface area (Å²) in [5, 5.41) is 2.07. The summed E-state index contributed by atoms with van der Waals surface area (Å²) < 4.78 is 34.6. The zero-order valence-electron chi connectivity index (χ0n) is 20.3. The molecule has 0 spiro atoms. The molecule has 1 aromatic heterocycles. The van der Waals surface area contributed by atoms with Gasteiger partial charge in [0.1, 0.15) is 12.1 Å². The summed E-state index contributed by atoms with van der Waals surface area (Å²) in [6, 6.07) is 11.5. The number of morpholine rings is 1. The molecular weight excluding hydrogens is 516 g/mol. The molecule has 194 valence electrons. The zero-order valence-corrected chi connectivity index (χ0v) is 21.9. The number of aromatic nitrogens is 1. The quantitative estimate of drug-likeness (QED) is 0.475. The molecule has 2 amide bonds. The van der Waals surface area contributed by atoms with Gasteiger partial charge in [-0.15, -0.1) is 0 Å². The van der Waals surface area contributed by atoms with Gasteiger partial charge in [-0.25, -0.2) is 8.42 Å². The number of fused-ring (bicyclic) bond motifs is 1. The average Bonchev–Trinajstić information content (AvgIpc) is 3.29. The third-order valence-electron chi connectivity index (χ3n) is 6.89. The minimum absolute atomic E-state index is 0.0582. The first-order valence-corrected chi connectivity index (χ1v) is 13.9. The van der Waals surface area contributed by atoms with E-state index < -0.39 is 28.0 Å². The van der Waals surface area contributed by atoms with Gasteiger partial charge in [-0.2, -0.15) is 0 Å². The number of amides is 2. The summed E-state index contributed by atoms with van der Waals surface area (Å²) in [5.41, 5.74) is 0.332. The Morgan fingerprint density at radius 2 is 1.73 bits per heavy atom. The van der Waals surface area contributed by atoms with Gasteiger partial charge in [0.15, 0.2) is 0 Å². The number of carbonyl (C=O) groups is 2. The average molecular weight is 543 g/mol. The fourth-order valence-electron chi connectivity index (χ4n) is 4.92. The first-order valence-electron chi connectivity index (χ1n) is 12.1. The van der Waals surface area contributed by atoms with Crippen LogP contribution in [0.3, 0.4) is 0 Å². The van der Waals surface area contributed by atoms with E-state index in [0.29, 0.717) is 42.4 Å². The van der Waals surface area contributed by atoms with E-state index in [1.165, 1.54) is 27.7 Å². The fourth-order valence-corrected chi connectivity index (χ4v) is 6.77. The van der Waals surface area contributed by atoms with Gasteiger partial charge in [0.05, 0.1) is 23.8 Å². The third-order valence-corrected chi connectivity index (χ3v) is 8.96. The standard InChI is InChI=1S/C26H27ClN4O5S/c1-18(25(32)29-12-14-36-15-13-29)30-11-8-24(26(30)33)31(22-6-9-28-10-7-22)37(34,35)23-5-3-19-16-21(27)4-2-20(19)17-23/h2-7,9-10,16-18,24H,8,11-15H2,1H3. The molecule has 0 aliphatic carbocycles. The monoisotopic (exact) mass is 542 g/mol. The highest BCUT2D eigenvalue weighted by Gasteiger charge is 2.45. The molecule has 0 N–H and O–H groups in total. The second-order valence-electron chi connectivity index (χ2n) is 9.11. The van der Waals surface area contributed by atoms with Gasteiger partial charge in [0, 0.05) is 37.1 Å². The van der Waals surface area contributed by atoms with Crippen molar-refractivity contribution in [1.82, 2.24) is 14.8 Å². The van der Waals surface area contributed by atoms with E-state index in [4.69, 9.17) is 16.3 Å². The molecule has 0 bridgehead atoms. The van der Waals surface area contributed by atoms with Gasteiger partial charge in [-0.05, 0) is 60.5 Å². The molecule has 11 heteroatoms. The molecule has 0 saturated carbocycles. The van der Waals surface area contributed by atoms with Crippen molar-refractivity contribution in [2.45, 2.75) is 30.3 Å². The van der Waals surface area contributed by atoms with Crippen molar-refractivity contribution in [2.24, 2.45) is 0 Å². The third kappa shape index (κ3) is 4.88. The molecular formula is C26H27ClN4O5S. The second-order valence-corrected chi connectivity index (χ2v) is 11.4. The second kappa shape index (κ2) is 10.3. The summed E-state index contributed by atoms with van der Waals surface area (Å²) in [4.78, 5) is 34.0. The van der Waals surface area contributed by atoms with E-state index >= 15 is 0 Å². The highest BCUT2D eigenvalue weighted by Crippen LogP contribution is 2.33. The fraction of sp³-hybridized carbons (Fsp3) is 0.346. The molecule has 2 aromatic carbocycles. The van der Waals surface area contributed by atoms with Crippen LogP contribution in [-0.2, 0) is 24.3 Å². The number of hydrogen-bond donors (Lipinski definition) is 0. The number of nitrogens with zero attached hydrogens (tertiary/aromatic N) is 4. The van der Waals surface area contributed by atoms with Crippen LogP contribution in [0.25, 0.3) is 10.8 Å². The maximum atomic E-state index is 14.1. The Labute approximate surface area is 220 Å². The van der Waals surface area contributed by atoms with Crippen molar-refractivity contribution in [3.63, 3.8) is 0 Å². The predicted octanol–water partition coefficient (Wildman–Crippen LogP) is 2.93. The maximum Gasteiger partial charge on any atom is 0.265 e. The summed E-state index contributed by atoms with van der Waals surface area (Å²) in [6.45, 7) is 3.83. The zero-order chi connectivity index (χ0) is 26.2. The summed E-state index contributed by atoms with van der Waals surface area (Å²) in [6.07, 6.45) is 3.23. The van der Waals surface area contributed by atoms with Crippen molar-refractivity contribution in [3.8, 4) is 0 Å². The van der Waals surface area contributed by atoms with Crippen LogP contribution in [0, 0.1) is 0 Å². The van der Waals surface area contributed by atoms with Crippen molar-refractivity contribution in [1.29, 1.82) is 0 Å². The summed E-state index contributed by atoms with van der Waals surface area (Å²) in [7, 11) is -4.15. The Balaban J connectivity index is 1.48. The topological polar surface area (TPSA) is 100 Å². The number of sulfonamides is 1. The summed E-state index contributed by atoms with van der Waals surface area (Å²) in [5.74, 6) is -0.564. The number of ether oxygens (including phenoxy) is 1. The molecule has 2 saturated heterocycles. The van der Waals surface area contributed by atoms with E-state index in [1.54, 1.807) is 54.3 Å². The highest BCUT2D eigenvalue weighted by molar-refractivity contribution is 7.93. The molecule has 9 nitrogen and oxygen atoms in total. The van der Waals surface area contributed by atoms with Gasteiger partial charge in [0.25, 0.3) is 10.0 Å². The van der Waals surface area contributed by atoms with Crippen molar-refractivity contribution >= 4 is 49.9 Å². The van der Waals surface area contributed by atoms with E-state index in [9.17, 15) is 18.0 Å². The first-order chi connectivity index (χ1) is 17.8. The Morgan fingerprint density at radius 1 is 1.05 bits per heavy atom. The maximum absolute atomic E-state index is 14.1. The van der Waals surface area contributed by atoms with Crippen LogP contribution in [0.1, 0.15) is 13.3 Å². The number of anilines is 1. The Hall–Kier alpha value is -3.21. The molecule has 2 unspecified atom stereocenters. The molecule has 3 aromatic rings. The number of carbonyl (C=O) groups excluding carboxylic acids is 2. The van der Waals surface area contributed by atoms with Gasteiger partial charge < -0.3 is 14.5 Å². The number of rotatable bonds is 6. The molecule has 2 fully saturated rings. The smallest absolute Gasteiger partial charge is 0.265 e. The van der Waals surface area contributed by atoms with Crippen LogP contribution >= 0.6 is 11.6 Å². The van der Waals surface area contributed by atoms with Gasteiger partial charge >= 0.3 is 0 Å². The Bertz CT molecular complexity index is 1430. The molecule has 2 atom stereocenters. The molecule has 0 radical (unpaired) electrons. The van der Waals surface area contributed by atoms with Crippen molar-refractivity contribution < 1.29 is 22.7 Å². The largest absolute Gasteiger partial charge is 0.378 e. The normalized spacial score (nSPS) is 19.3. The van der Waals surface area contributed by atoms with Crippen LogP contribution in [0.5, 0.6) is 0 Å². The van der Waals surface area contributed by atoms with E-state index in [-0.39, 0.29) is 23.8 Å². The lowest BCUT2D eigenvalue weighted by atomic mass is 10.1.